The molecule has 4 amide bonds. The fourth-order valence-corrected chi connectivity index (χ4v) is 7.74. The van der Waals surface area contributed by atoms with Crippen molar-refractivity contribution in [3.63, 3.8) is 0 Å². The number of esters is 2. The van der Waals surface area contributed by atoms with Gasteiger partial charge in [0.2, 0.25) is 23.6 Å². The molecule has 0 saturated carbocycles. The standard InChI is InChI=1S/C48H60N8O8/c1-9-31-27(3)35-23-36-29(5)33(11-13-43(57)49-19-21-51-45(59)15-17-47(61)63-7)41(55-36)26-42-34(12-14-44(58)50-20-22-52-46(60)16-18-48(62)64-8)30(6)38(56-42)25-40-32(10-2)28(4)37(54-40)24-39(31)53-35/h9-10,23-26,53-56H,1-2,11-22H2,3-8H3,(H,49,57)(H,50,58)(H,51,59)(H,52,60). The summed E-state index contributed by atoms with van der Waals surface area (Å²) in [7, 11) is 2.54. The van der Waals surface area contributed by atoms with E-state index in [9.17, 15) is 28.8 Å². The van der Waals surface area contributed by atoms with E-state index in [0.717, 1.165) is 88.7 Å². The van der Waals surface area contributed by atoms with Gasteiger partial charge in [-0.05, 0) is 98.2 Å². The first-order valence-electron chi connectivity index (χ1n) is 21.4. The molecule has 64 heavy (non-hydrogen) atoms. The topological polar surface area (TPSA) is 232 Å². The third kappa shape index (κ3) is 12.1. The van der Waals surface area contributed by atoms with Crippen LogP contribution in [0.25, 0.3) is 36.5 Å². The van der Waals surface area contributed by atoms with Crippen molar-refractivity contribution >= 4 is 72.0 Å². The number of nitrogens with one attached hydrogen (secondary N) is 8. The van der Waals surface area contributed by atoms with E-state index in [4.69, 9.17) is 0 Å². The molecule has 4 aromatic rings. The van der Waals surface area contributed by atoms with Crippen LogP contribution in [0.2, 0.25) is 0 Å². The molecular formula is C48H60N8O8. The fraction of sp³-hybridized carbons (Fsp3) is 0.375. The van der Waals surface area contributed by atoms with E-state index in [1.54, 1.807) is 0 Å². The first-order chi connectivity index (χ1) is 30.7. The van der Waals surface area contributed by atoms with Gasteiger partial charge in [0.1, 0.15) is 0 Å². The van der Waals surface area contributed by atoms with Crippen molar-refractivity contribution < 1.29 is 38.2 Å². The number of amides is 4. The molecule has 4 aromatic heterocycles. The number of hydrogen-bond acceptors (Lipinski definition) is 8. The Hall–Kier alpha value is -7.10. The lowest BCUT2D eigenvalue weighted by Gasteiger charge is -2.08. The van der Waals surface area contributed by atoms with Gasteiger partial charge in [0.25, 0.3) is 0 Å². The molecule has 0 atom stereocenters. The number of aromatic nitrogens is 4. The smallest absolute Gasteiger partial charge is 0.306 e. The summed E-state index contributed by atoms with van der Waals surface area (Å²) in [4.78, 5) is 87.8. The van der Waals surface area contributed by atoms with Gasteiger partial charge in [-0.1, -0.05) is 25.3 Å². The second kappa shape index (κ2) is 22.3. The van der Waals surface area contributed by atoms with Crippen molar-refractivity contribution in [3.05, 3.63) is 102 Å². The van der Waals surface area contributed by atoms with Crippen LogP contribution in [0.5, 0.6) is 0 Å². The van der Waals surface area contributed by atoms with Crippen LogP contribution in [-0.4, -0.2) is 95.9 Å². The van der Waals surface area contributed by atoms with E-state index in [-0.39, 0.29) is 88.3 Å². The number of fused-ring (bicyclic) bond motifs is 8. The van der Waals surface area contributed by atoms with Crippen LogP contribution in [0.4, 0.5) is 0 Å². The third-order valence-corrected chi connectivity index (χ3v) is 11.5. The summed E-state index contributed by atoms with van der Waals surface area (Å²) < 4.78 is 9.17. The number of methoxy groups -OCH3 is 2. The van der Waals surface area contributed by atoms with Crippen LogP contribution < -0.4 is 42.7 Å². The van der Waals surface area contributed by atoms with Gasteiger partial charge in [0.15, 0.2) is 0 Å². The number of carbonyl (C=O) groups excluding carboxylic acids is 6. The summed E-state index contributed by atoms with van der Waals surface area (Å²) in [6.45, 7) is 17.3. The Balaban J connectivity index is 1.48. The van der Waals surface area contributed by atoms with Crippen molar-refractivity contribution in [2.45, 2.75) is 79.1 Å². The quantitative estimate of drug-likeness (QED) is 0.0420. The lowest BCUT2D eigenvalue weighted by atomic mass is 10.0. The molecule has 0 radical (unpaired) electrons. The fourth-order valence-electron chi connectivity index (χ4n) is 7.74. The van der Waals surface area contributed by atoms with Crippen LogP contribution in [0.3, 0.4) is 0 Å². The minimum Gasteiger partial charge on any atom is -0.469 e. The highest BCUT2D eigenvalue weighted by molar-refractivity contribution is 5.82. The maximum atomic E-state index is 13.2. The zero-order chi connectivity index (χ0) is 46.5. The third-order valence-electron chi connectivity index (χ3n) is 11.5. The molecule has 8 bridgehead atoms. The zero-order valence-corrected chi connectivity index (χ0v) is 37.6. The van der Waals surface area contributed by atoms with Crippen LogP contribution in [-0.2, 0) is 51.1 Å². The average Bonchev–Trinajstić information content (AvgIpc) is 3.95. The second-order valence-electron chi connectivity index (χ2n) is 15.6. The number of hydrogen-bond donors (Lipinski definition) is 8. The molecule has 5 heterocycles. The normalized spacial score (nSPS) is 11.5. The first-order valence-corrected chi connectivity index (χ1v) is 21.4. The van der Waals surface area contributed by atoms with Gasteiger partial charge < -0.3 is 50.7 Å². The molecule has 1 aliphatic heterocycles. The van der Waals surface area contributed by atoms with Crippen LogP contribution in [0.1, 0.15) is 106 Å². The van der Waals surface area contributed by atoms with E-state index in [2.05, 4.69) is 89.0 Å². The van der Waals surface area contributed by atoms with Crippen molar-refractivity contribution in [2.75, 3.05) is 40.4 Å². The SMILES string of the molecule is C=Cc1c2[nH]c(c1C)C=c1[nH]c(c(CCC(=O)NCCNC(=O)CCC(=O)OC)c1C)=Cc1[nH]c(c(C)c1CCC(=O)NCCNC(=O)CCC(=O)OC)C=c1[nH]c(c(C)c1C=C)=C2. The van der Waals surface area contributed by atoms with E-state index < -0.39 is 11.9 Å². The predicted molar refractivity (Wildman–Crippen MR) is 246 cm³/mol. The van der Waals surface area contributed by atoms with Gasteiger partial charge in [0.05, 0.1) is 27.1 Å². The van der Waals surface area contributed by atoms with E-state index in [1.807, 2.05) is 39.0 Å². The Morgan fingerprint density at radius 3 is 1.42 bits per heavy atom. The monoisotopic (exact) mass is 876 g/mol. The molecule has 0 saturated heterocycles. The Labute approximate surface area is 371 Å². The number of aromatic amines is 4. The van der Waals surface area contributed by atoms with Crippen molar-refractivity contribution in [1.29, 1.82) is 0 Å². The number of rotatable bonds is 20. The number of ether oxygens (including phenoxy) is 2. The van der Waals surface area contributed by atoms with Crippen LogP contribution in [0, 0.1) is 27.7 Å². The molecule has 8 N–H and O–H groups in total. The Kier molecular flexibility index (Phi) is 16.7. The summed E-state index contributed by atoms with van der Waals surface area (Å²) in [5.74, 6) is -1.92. The second-order valence-corrected chi connectivity index (χ2v) is 15.6. The first kappa shape index (κ1) is 47.9. The number of carbonyl (C=O) groups is 6. The molecular weight excluding hydrogens is 817 g/mol. The molecule has 16 nitrogen and oxygen atoms in total. The summed E-state index contributed by atoms with van der Waals surface area (Å²) in [6, 6.07) is 0. The number of H-pyrrole nitrogens is 4. The Morgan fingerprint density at radius 2 is 0.891 bits per heavy atom. The van der Waals surface area contributed by atoms with Crippen LogP contribution >= 0.6 is 0 Å². The maximum Gasteiger partial charge on any atom is 0.306 e. The molecule has 1 aliphatic rings. The van der Waals surface area contributed by atoms with Gasteiger partial charge in [-0.2, -0.15) is 0 Å². The Morgan fingerprint density at radius 1 is 0.469 bits per heavy atom. The van der Waals surface area contributed by atoms with Crippen molar-refractivity contribution in [1.82, 2.24) is 41.2 Å². The molecule has 16 heteroatoms. The van der Waals surface area contributed by atoms with Gasteiger partial charge in [0, 0.05) is 107 Å². The molecule has 0 unspecified atom stereocenters. The minimum absolute atomic E-state index is 0.00215. The summed E-state index contributed by atoms with van der Waals surface area (Å²) in [5.41, 5.74) is 11.2. The summed E-state index contributed by atoms with van der Waals surface area (Å²) in [6.07, 6.45) is 13.0. The largest absolute Gasteiger partial charge is 0.469 e. The molecule has 0 fully saturated rings. The summed E-state index contributed by atoms with van der Waals surface area (Å²) in [5, 5.41) is 14.6. The lowest BCUT2D eigenvalue weighted by molar-refractivity contribution is -0.142. The molecule has 0 aromatic carbocycles. The predicted octanol–water partition coefficient (Wildman–Crippen LogP) is 1.38. The molecule has 5 rings (SSSR count). The summed E-state index contributed by atoms with van der Waals surface area (Å²) >= 11 is 0. The van der Waals surface area contributed by atoms with E-state index in [0.29, 0.717) is 12.8 Å². The Bertz CT molecular complexity index is 2710. The lowest BCUT2D eigenvalue weighted by Crippen LogP contribution is -2.35. The van der Waals surface area contributed by atoms with E-state index >= 15 is 0 Å². The van der Waals surface area contributed by atoms with Gasteiger partial charge in [-0.25, -0.2) is 0 Å². The van der Waals surface area contributed by atoms with Gasteiger partial charge in [-0.3, -0.25) is 28.8 Å². The highest BCUT2D eigenvalue weighted by Gasteiger charge is 2.18. The molecule has 0 spiro atoms. The molecule has 340 valence electrons. The van der Waals surface area contributed by atoms with Gasteiger partial charge >= 0.3 is 11.9 Å². The van der Waals surface area contributed by atoms with Crippen LogP contribution in [0.15, 0.2) is 13.2 Å². The van der Waals surface area contributed by atoms with E-state index in [1.165, 1.54) is 14.2 Å². The average molecular weight is 877 g/mol. The van der Waals surface area contributed by atoms with Crippen molar-refractivity contribution in [3.8, 4) is 0 Å². The van der Waals surface area contributed by atoms with Crippen molar-refractivity contribution in [2.24, 2.45) is 0 Å². The highest BCUT2D eigenvalue weighted by atomic mass is 16.5. The molecule has 0 aliphatic carbocycles. The zero-order valence-electron chi connectivity index (χ0n) is 37.6. The maximum absolute atomic E-state index is 13.2. The highest BCUT2D eigenvalue weighted by Crippen LogP contribution is 2.24. The minimum atomic E-state index is -0.466. The van der Waals surface area contributed by atoms with Gasteiger partial charge in [-0.15, -0.1) is 0 Å².